The van der Waals surface area contributed by atoms with Crippen molar-refractivity contribution in [1.29, 1.82) is 0 Å². The Morgan fingerprint density at radius 3 is 2.96 bits per heavy atom. The Hall–Kier alpha value is -1.79. The molecule has 0 aliphatic heterocycles. The fourth-order valence-electron chi connectivity index (χ4n) is 2.78. The van der Waals surface area contributed by atoms with Crippen molar-refractivity contribution in [3.63, 3.8) is 0 Å². The third-order valence-electron chi connectivity index (χ3n) is 4.02. The number of nitrogens with one attached hydrogen (secondary N) is 1. The van der Waals surface area contributed by atoms with Crippen LogP contribution in [0.4, 0.5) is 0 Å². The van der Waals surface area contributed by atoms with E-state index in [-0.39, 0.29) is 24.5 Å². The van der Waals surface area contributed by atoms with Crippen molar-refractivity contribution >= 4 is 17.2 Å². The lowest BCUT2D eigenvalue weighted by atomic mass is 10.1. The van der Waals surface area contributed by atoms with Crippen LogP contribution in [0.15, 0.2) is 29.8 Å². The number of ether oxygens (including phenoxy) is 1. The molecular weight excluding hydrogens is 310 g/mol. The number of carbonyl (C=O) groups is 1. The van der Waals surface area contributed by atoms with Gasteiger partial charge in [-0.05, 0) is 37.8 Å². The number of amides is 1. The highest BCUT2D eigenvalue weighted by Crippen LogP contribution is 2.35. The van der Waals surface area contributed by atoms with Crippen LogP contribution in [0.25, 0.3) is 10.7 Å². The van der Waals surface area contributed by atoms with Crippen molar-refractivity contribution in [3.8, 4) is 10.7 Å². The zero-order chi connectivity index (χ0) is 16.2. The van der Waals surface area contributed by atoms with Crippen LogP contribution < -0.4 is 5.32 Å². The van der Waals surface area contributed by atoms with Gasteiger partial charge in [0.25, 0.3) is 0 Å². The molecule has 0 bridgehead atoms. The normalized spacial score (nSPS) is 16.8. The topological polar surface area (TPSA) is 64.1 Å². The minimum absolute atomic E-state index is 0.0157. The molecule has 1 amide bonds. The predicted octanol–water partition coefficient (Wildman–Crippen LogP) is 2.68. The zero-order valence-corrected chi connectivity index (χ0v) is 14.2. The lowest BCUT2D eigenvalue weighted by Crippen LogP contribution is -2.43. The summed E-state index contributed by atoms with van der Waals surface area (Å²) in [5.74, 6) is 0.573. The summed E-state index contributed by atoms with van der Waals surface area (Å²) in [6, 6.07) is 5.75. The minimum atomic E-state index is -0.0157. The lowest BCUT2D eigenvalue weighted by Gasteiger charge is -2.23. The number of hydrogen-bond acceptors (Lipinski definition) is 5. The molecule has 1 aliphatic rings. The van der Waals surface area contributed by atoms with Crippen LogP contribution in [0.1, 0.15) is 25.5 Å². The molecule has 2 aromatic heterocycles. The summed E-state index contributed by atoms with van der Waals surface area (Å²) in [4.78, 5) is 21.0. The molecule has 0 saturated heterocycles. The van der Waals surface area contributed by atoms with E-state index in [2.05, 4.69) is 15.3 Å². The average molecular weight is 331 g/mol. The highest BCUT2D eigenvalue weighted by atomic mass is 32.1. The summed E-state index contributed by atoms with van der Waals surface area (Å²) < 4.78 is 5.51. The monoisotopic (exact) mass is 331 g/mol. The third-order valence-corrected chi connectivity index (χ3v) is 4.93. The fraction of sp³-hybridized carbons (Fsp3) is 0.471. The lowest BCUT2D eigenvalue weighted by molar-refractivity contribution is -0.122. The van der Waals surface area contributed by atoms with Gasteiger partial charge < -0.3 is 10.1 Å². The molecule has 0 aromatic carbocycles. The van der Waals surface area contributed by atoms with Crippen molar-refractivity contribution in [2.24, 2.45) is 5.92 Å². The second kappa shape index (κ2) is 7.19. The number of thiazole rings is 1. The molecule has 2 heterocycles. The van der Waals surface area contributed by atoms with Gasteiger partial charge in [0.15, 0.2) is 0 Å². The number of methoxy groups -OCH3 is 1. The summed E-state index contributed by atoms with van der Waals surface area (Å²) >= 11 is 1.51. The van der Waals surface area contributed by atoms with E-state index in [0.29, 0.717) is 5.92 Å². The number of nitrogens with zero attached hydrogens (tertiary/aromatic N) is 2. The highest BCUT2D eigenvalue weighted by Gasteiger charge is 2.35. The molecular formula is C17H21N3O2S. The van der Waals surface area contributed by atoms with Crippen molar-refractivity contribution in [3.05, 3.63) is 35.5 Å². The van der Waals surface area contributed by atoms with E-state index in [9.17, 15) is 4.79 Å². The van der Waals surface area contributed by atoms with E-state index in [4.69, 9.17) is 4.74 Å². The summed E-state index contributed by atoms with van der Waals surface area (Å²) in [6.45, 7) is 2.00. The van der Waals surface area contributed by atoms with E-state index in [1.54, 1.807) is 13.3 Å². The Kier molecular flexibility index (Phi) is 5.03. The van der Waals surface area contributed by atoms with Crippen LogP contribution in [-0.4, -0.2) is 35.1 Å². The number of aromatic nitrogens is 2. The Morgan fingerprint density at radius 1 is 1.48 bits per heavy atom. The number of rotatable bonds is 7. The number of carbonyl (C=O) groups excluding carboxylic acids is 1. The van der Waals surface area contributed by atoms with E-state index in [0.717, 1.165) is 16.4 Å². The smallest absolute Gasteiger partial charge is 0.226 e. The molecule has 3 rings (SSSR count). The van der Waals surface area contributed by atoms with Crippen molar-refractivity contribution < 1.29 is 9.53 Å². The molecule has 23 heavy (non-hydrogen) atoms. The SMILES string of the molecule is CO[C@H](C1CC1)[C@@H](C)NC(=O)Cc1csc(-c2ccccn2)n1. The number of hydrogen-bond donors (Lipinski definition) is 1. The molecule has 1 fully saturated rings. The van der Waals surface area contributed by atoms with E-state index in [1.807, 2.05) is 30.5 Å². The molecule has 1 aliphatic carbocycles. The maximum absolute atomic E-state index is 12.2. The Morgan fingerprint density at radius 2 is 2.30 bits per heavy atom. The molecule has 1 saturated carbocycles. The molecule has 2 aromatic rings. The van der Waals surface area contributed by atoms with Gasteiger partial charge in [-0.3, -0.25) is 9.78 Å². The van der Waals surface area contributed by atoms with Gasteiger partial charge in [-0.2, -0.15) is 0 Å². The summed E-state index contributed by atoms with van der Waals surface area (Å²) in [6.07, 6.45) is 4.53. The van der Waals surface area contributed by atoms with Crippen LogP contribution in [-0.2, 0) is 16.0 Å². The van der Waals surface area contributed by atoms with Gasteiger partial charge >= 0.3 is 0 Å². The molecule has 5 nitrogen and oxygen atoms in total. The quantitative estimate of drug-likeness (QED) is 0.847. The first-order valence-corrected chi connectivity index (χ1v) is 8.73. The fourth-order valence-corrected chi connectivity index (χ4v) is 3.57. The van der Waals surface area contributed by atoms with E-state index >= 15 is 0 Å². The van der Waals surface area contributed by atoms with Gasteiger partial charge in [0.05, 0.1) is 30.0 Å². The van der Waals surface area contributed by atoms with E-state index in [1.165, 1.54) is 24.2 Å². The largest absolute Gasteiger partial charge is 0.379 e. The minimum Gasteiger partial charge on any atom is -0.379 e. The van der Waals surface area contributed by atoms with Gasteiger partial charge in [-0.25, -0.2) is 4.98 Å². The Balaban J connectivity index is 1.57. The number of pyridine rings is 1. The summed E-state index contributed by atoms with van der Waals surface area (Å²) in [5, 5.41) is 5.80. The van der Waals surface area contributed by atoms with Crippen LogP contribution in [0.2, 0.25) is 0 Å². The maximum Gasteiger partial charge on any atom is 0.226 e. The first kappa shape index (κ1) is 16.1. The van der Waals surface area contributed by atoms with Crippen LogP contribution >= 0.6 is 11.3 Å². The first-order chi connectivity index (χ1) is 11.2. The van der Waals surface area contributed by atoms with Crippen LogP contribution in [0.5, 0.6) is 0 Å². The first-order valence-electron chi connectivity index (χ1n) is 7.85. The van der Waals surface area contributed by atoms with Crippen LogP contribution in [0.3, 0.4) is 0 Å². The molecule has 0 spiro atoms. The molecule has 0 radical (unpaired) electrons. The van der Waals surface area contributed by atoms with Gasteiger partial charge in [0.1, 0.15) is 5.01 Å². The molecule has 2 atom stereocenters. The Bertz CT molecular complexity index is 655. The highest BCUT2D eigenvalue weighted by molar-refractivity contribution is 7.13. The van der Waals surface area contributed by atoms with Gasteiger partial charge in [0.2, 0.25) is 5.91 Å². The van der Waals surface area contributed by atoms with Crippen molar-refractivity contribution in [2.45, 2.75) is 38.3 Å². The van der Waals surface area contributed by atoms with Crippen molar-refractivity contribution in [1.82, 2.24) is 15.3 Å². The van der Waals surface area contributed by atoms with Gasteiger partial charge in [-0.15, -0.1) is 11.3 Å². The maximum atomic E-state index is 12.2. The van der Waals surface area contributed by atoms with E-state index < -0.39 is 0 Å². The Labute approximate surface area is 140 Å². The summed E-state index contributed by atoms with van der Waals surface area (Å²) in [7, 11) is 1.71. The van der Waals surface area contributed by atoms with Crippen molar-refractivity contribution in [2.75, 3.05) is 7.11 Å². The van der Waals surface area contributed by atoms with Gasteiger partial charge in [0, 0.05) is 18.7 Å². The van der Waals surface area contributed by atoms with Crippen LogP contribution in [0, 0.1) is 5.92 Å². The second-order valence-corrected chi connectivity index (χ2v) is 6.79. The van der Waals surface area contributed by atoms with Gasteiger partial charge in [-0.1, -0.05) is 6.07 Å². The third kappa shape index (κ3) is 4.14. The average Bonchev–Trinajstić information content (AvgIpc) is 3.27. The standard InChI is InChI=1S/C17H21N3O2S/c1-11(16(22-2)12-6-7-12)19-15(21)9-13-10-23-17(20-13)14-5-3-4-8-18-14/h3-5,8,10-12,16H,6-7,9H2,1-2H3,(H,19,21)/t11-,16+/m1/s1. The predicted molar refractivity (Wildman–Crippen MR) is 90.2 cm³/mol. The molecule has 122 valence electrons. The zero-order valence-electron chi connectivity index (χ0n) is 13.4. The summed E-state index contributed by atoms with van der Waals surface area (Å²) in [5.41, 5.74) is 1.62. The second-order valence-electron chi connectivity index (χ2n) is 5.93. The molecule has 1 N–H and O–H groups in total. The molecule has 0 unspecified atom stereocenters. The molecule has 6 heteroatoms.